The molecule has 1 saturated heterocycles. The van der Waals surface area contributed by atoms with Crippen LogP contribution in [0.1, 0.15) is 6.92 Å². The zero-order chi connectivity index (χ0) is 11.4. The lowest BCUT2D eigenvalue weighted by atomic mass is 10.2. The molecule has 1 N–H and O–H groups in total. The maximum atomic E-state index is 5.74. The van der Waals surface area contributed by atoms with Crippen LogP contribution in [0.5, 0.6) is 5.75 Å². The third-order valence-corrected chi connectivity index (χ3v) is 2.95. The Balaban J connectivity index is 1.82. The quantitative estimate of drug-likeness (QED) is 0.924. The standard InChI is InChI=1S/C12H16BrNO2/c1-9-6-14-7-12(16-9)8-15-11-4-2-3-10(13)5-11/h2-5,9,12,14H,6-8H2,1H3. The molecule has 2 atom stereocenters. The fraction of sp³-hybridized carbons (Fsp3) is 0.500. The van der Waals surface area contributed by atoms with Crippen LogP contribution in [0.4, 0.5) is 0 Å². The first-order chi connectivity index (χ1) is 7.74. The fourth-order valence-corrected chi connectivity index (χ4v) is 2.09. The van der Waals surface area contributed by atoms with Gasteiger partial charge in [-0.15, -0.1) is 0 Å². The van der Waals surface area contributed by atoms with Crippen LogP contribution in [0, 0.1) is 0 Å². The van der Waals surface area contributed by atoms with E-state index in [9.17, 15) is 0 Å². The highest BCUT2D eigenvalue weighted by Gasteiger charge is 2.18. The molecule has 3 nitrogen and oxygen atoms in total. The molecule has 88 valence electrons. The van der Waals surface area contributed by atoms with Crippen LogP contribution in [-0.4, -0.2) is 31.9 Å². The molecule has 4 heteroatoms. The van der Waals surface area contributed by atoms with E-state index >= 15 is 0 Å². The predicted molar refractivity (Wildman–Crippen MR) is 66.8 cm³/mol. The molecule has 2 rings (SSSR count). The highest BCUT2D eigenvalue weighted by atomic mass is 79.9. The number of hydrogen-bond acceptors (Lipinski definition) is 3. The van der Waals surface area contributed by atoms with Gasteiger partial charge in [0.15, 0.2) is 0 Å². The maximum Gasteiger partial charge on any atom is 0.120 e. The van der Waals surface area contributed by atoms with Crippen molar-refractivity contribution in [2.75, 3.05) is 19.7 Å². The lowest BCUT2D eigenvalue weighted by Crippen LogP contribution is -2.45. The van der Waals surface area contributed by atoms with Crippen LogP contribution in [0.25, 0.3) is 0 Å². The van der Waals surface area contributed by atoms with E-state index in [1.165, 1.54) is 0 Å². The average Bonchev–Trinajstić information content (AvgIpc) is 2.27. The molecule has 1 aromatic rings. The Morgan fingerprint density at radius 2 is 2.38 bits per heavy atom. The second-order valence-corrected chi connectivity index (χ2v) is 4.91. The van der Waals surface area contributed by atoms with E-state index in [-0.39, 0.29) is 12.2 Å². The minimum absolute atomic E-state index is 0.141. The first kappa shape index (κ1) is 11.9. The molecule has 0 saturated carbocycles. The number of benzene rings is 1. The van der Waals surface area contributed by atoms with Crippen LogP contribution in [-0.2, 0) is 4.74 Å². The molecular formula is C12H16BrNO2. The van der Waals surface area contributed by atoms with Gasteiger partial charge in [-0.05, 0) is 25.1 Å². The molecule has 1 fully saturated rings. The summed E-state index contributed by atoms with van der Waals surface area (Å²) in [5.74, 6) is 0.871. The second kappa shape index (κ2) is 5.66. The number of morpholine rings is 1. The van der Waals surface area contributed by atoms with Crippen molar-refractivity contribution in [3.63, 3.8) is 0 Å². The van der Waals surface area contributed by atoms with E-state index < -0.39 is 0 Å². The van der Waals surface area contributed by atoms with Crippen molar-refractivity contribution in [3.05, 3.63) is 28.7 Å². The normalized spacial score (nSPS) is 25.4. The van der Waals surface area contributed by atoms with Gasteiger partial charge in [0.05, 0.1) is 6.10 Å². The molecular weight excluding hydrogens is 270 g/mol. The van der Waals surface area contributed by atoms with Gasteiger partial charge in [-0.3, -0.25) is 0 Å². The molecule has 1 aliphatic heterocycles. The summed E-state index contributed by atoms with van der Waals surface area (Å²) >= 11 is 3.41. The zero-order valence-electron chi connectivity index (χ0n) is 9.28. The molecule has 16 heavy (non-hydrogen) atoms. The van der Waals surface area contributed by atoms with Crippen molar-refractivity contribution in [2.45, 2.75) is 19.1 Å². The maximum absolute atomic E-state index is 5.74. The van der Waals surface area contributed by atoms with Gasteiger partial charge >= 0.3 is 0 Å². The Hall–Kier alpha value is -0.580. The number of nitrogens with one attached hydrogen (secondary N) is 1. The summed E-state index contributed by atoms with van der Waals surface area (Å²) in [4.78, 5) is 0. The van der Waals surface area contributed by atoms with Crippen LogP contribution in [0.15, 0.2) is 28.7 Å². The molecule has 0 bridgehead atoms. The molecule has 1 aliphatic rings. The molecule has 1 aromatic carbocycles. The number of halogens is 1. The van der Waals surface area contributed by atoms with Gasteiger partial charge in [-0.1, -0.05) is 22.0 Å². The highest BCUT2D eigenvalue weighted by Crippen LogP contribution is 2.18. The van der Waals surface area contributed by atoms with Crippen LogP contribution in [0.3, 0.4) is 0 Å². The largest absolute Gasteiger partial charge is 0.491 e. The topological polar surface area (TPSA) is 30.5 Å². The summed E-state index contributed by atoms with van der Waals surface area (Å²) < 4.78 is 12.4. The van der Waals surface area contributed by atoms with Gasteiger partial charge in [0.2, 0.25) is 0 Å². The van der Waals surface area contributed by atoms with Crippen molar-refractivity contribution in [1.29, 1.82) is 0 Å². The predicted octanol–water partition coefficient (Wildman–Crippen LogP) is 2.20. The molecule has 2 unspecified atom stereocenters. The van der Waals surface area contributed by atoms with Crippen molar-refractivity contribution in [3.8, 4) is 5.75 Å². The van der Waals surface area contributed by atoms with Crippen LogP contribution < -0.4 is 10.1 Å². The van der Waals surface area contributed by atoms with Crippen molar-refractivity contribution >= 4 is 15.9 Å². The van der Waals surface area contributed by atoms with Crippen LogP contribution >= 0.6 is 15.9 Å². The Bertz CT molecular complexity index is 346. The summed E-state index contributed by atoms with van der Waals surface area (Å²) in [6.45, 7) is 4.44. The number of hydrogen-bond donors (Lipinski definition) is 1. The van der Waals surface area contributed by atoms with Gasteiger partial charge in [-0.2, -0.15) is 0 Å². The van der Waals surface area contributed by atoms with Crippen molar-refractivity contribution in [2.24, 2.45) is 0 Å². The van der Waals surface area contributed by atoms with E-state index in [4.69, 9.17) is 9.47 Å². The molecule has 0 aromatic heterocycles. The van der Waals surface area contributed by atoms with Crippen LogP contribution in [0.2, 0.25) is 0 Å². The van der Waals surface area contributed by atoms with Crippen molar-refractivity contribution < 1.29 is 9.47 Å². The monoisotopic (exact) mass is 285 g/mol. The minimum atomic E-state index is 0.141. The van der Waals surface area contributed by atoms with Gasteiger partial charge in [0, 0.05) is 17.6 Å². The van der Waals surface area contributed by atoms with E-state index in [1.54, 1.807) is 0 Å². The minimum Gasteiger partial charge on any atom is -0.491 e. The Morgan fingerprint density at radius 3 is 3.12 bits per heavy atom. The molecule has 0 aliphatic carbocycles. The summed E-state index contributed by atoms with van der Waals surface area (Å²) in [6, 6.07) is 7.85. The third kappa shape index (κ3) is 3.47. The fourth-order valence-electron chi connectivity index (χ4n) is 1.72. The van der Waals surface area contributed by atoms with E-state index in [0.29, 0.717) is 6.61 Å². The lowest BCUT2D eigenvalue weighted by Gasteiger charge is -2.28. The molecule has 1 heterocycles. The Labute approximate surface area is 104 Å². The highest BCUT2D eigenvalue weighted by molar-refractivity contribution is 9.10. The summed E-state index contributed by atoms with van der Waals surface area (Å²) in [5, 5.41) is 3.32. The first-order valence-corrected chi connectivity index (χ1v) is 6.28. The Kier molecular flexibility index (Phi) is 4.21. The molecule has 0 radical (unpaired) electrons. The van der Waals surface area contributed by atoms with Crippen molar-refractivity contribution in [1.82, 2.24) is 5.32 Å². The second-order valence-electron chi connectivity index (χ2n) is 4.00. The molecule has 0 amide bonds. The van der Waals surface area contributed by atoms with E-state index in [0.717, 1.165) is 23.3 Å². The SMILES string of the molecule is CC1CNCC(COc2cccc(Br)c2)O1. The van der Waals surface area contributed by atoms with E-state index in [2.05, 4.69) is 28.2 Å². The Morgan fingerprint density at radius 1 is 1.50 bits per heavy atom. The summed E-state index contributed by atoms with van der Waals surface area (Å²) in [6.07, 6.45) is 0.410. The molecule has 0 spiro atoms. The zero-order valence-corrected chi connectivity index (χ0v) is 10.9. The van der Waals surface area contributed by atoms with Gasteiger partial charge in [-0.25, -0.2) is 0 Å². The van der Waals surface area contributed by atoms with E-state index in [1.807, 2.05) is 24.3 Å². The summed E-state index contributed by atoms with van der Waals surface area (Å²) in [7, 11) is 0. The first-order valence-electron chi connectivity index (χ1n) is 5.48. The third-order valence-electron chi connectivity index (χ3n) is 2.46. The van der Waals surface area contributed by atoms with Gasteiger partial charge < -0.3 is 14.8 Å². The van der Waals surface area contributed by atoms with Gasteiger partial charge in [0.25, 0.3) is 0 Å². The summed E-state index contributed by atoms with van der Waals surface area (Å²) in [5.41, 5.74) is 0. The lowest BCUT2D eigenvalue weighted by molar-refractivity contribution is -0.0470. The van der Waals surface area contributed by atoms with Gasteiger partial charge in [0.1, 0.15) is 18.5 Å². The smallest absolute Gasteiger partial charge is 0.120 e. The average molecular weight is 286 g/mol. The number of rotatable bonds is 3. The number of ether oxygens (including phenoxy) is 2.